The van der Waals surface area contributed by atoms with Crippen molar-refractivity contribution in [3.05, 3.63) is 60.7 Å². The first-order valence-corrected chi connectivity index (χ1v) is 9.59. The van der Waals surface area contributed by atoms with E-state index < -0.39 is 0 Å². The molecule has 0 N–H and O–H groups in total. The minimum Gasteiger partial charge on any atom is -0.495 e. The number of methoxy groups -OCH3 is 1. The summed E-state index contributed by atoms with van der Waals surface area (Å²) < 4.78 is 24.3. The zero-order valence-corrected chi connectivity index (χ0v) is 16.8. The Hall–Kier alpha value is -3.81. The molecule has 30 heavy (non-hydrogen) atoms. The normalized spacial score (nSPS) is 11.5. The fraction of sp³-hybridized carbons (Fsp3) is 0.182. The molecule has 0 unspecified atom stereocenters. The lowest BCUT2D eigenvalue weighted by Gasteiger charge is -2.12. The molecule has 8 heteroatoms. The van der Waals surface area contributed by atoms with Gasteiger partial charge in [0.25, 0.3) is 0 Å². The summed E-state index contributed by atoms with van der Waals surface area (Å²) in [7, 11) is 1.57. The van der Waals surface area contributed by atoms with Crippen LogP contribution in [0.2, 0.25) is 0 Å². The molecule has 0 aliphatic rings. The van der Waals surface area contributed by atoms with E-state index in [1.807, 2.05) is 41.3 Å². The minimum absolute atomic E-state index is 0.345. The van der Waals surface area contributed by atoms with Crippen LogP contribution in [0, 0.1) is 12.7 Å². The van der Waals surface area contributed by atoms with Gasteiger partial charge in [-0.05, 0) is 37.6 Å². The van der Waals surface area contributed by atoms with Crippen molar-refractivity contribution in [3.63, 3.8) is 0 Å². The summed E-state index contributed by atoms with van der Waals surface area (Å²) in [4.78, 5) is 8.99. The molecule has 0 aliphatic heterocycles. The average Bonchev–Trinajstić information content (AvgIpc) is 3.34. The summed E-state index contributed by atoms with van der Waals surface area (Å²) in [6.45, 7) is 4.67. The first-order chi connectivity index (χ1) is 14.6. The van der Waals surface area contributed by atoms with Gasteiger partial charge in [-0.25, -0.2) is 14.4 Å². The second-order valence-electron chi connectivity index (χ2n) is 7.06. The van der Waals surface area contributed by atoms with Crippen LogP contribution in [0.15, 0.2) is 49.2 Å². The van der Waals surface area contributed by atoms with Crippen LogP contribution in [0.1, 0.15) is 12.6 Å². The van der Waals surface area contributed by atoms with Gasteiger partial charge in [-0.2, -0.15) is 5.10 Å². The smallest absolute Gasteiger partial charge is 0.183 e. The van der Waals surface area contributed by atoms with Gasteiger partial charge < -0.3 is 13.7 Å². The van der Waals surface area contributed by atoms with Gasteiger partial charge >= 0.3 is 0 Å². The molecular formula is C22H19FN6O. The van der Waals surface area contributed by atoms with Crippen molar-refractivity contribution >= 4 is 16.8 Å². The van der Waals surface area contributed by atoms with E-state index in [1.54, 1.807) is 31.8 Å². The number of rotatable bonds is 4. The lowest BCUT2D eigenvalue weighted by atomic mass is 9.99. The lowest BCUT2D eigenvalue weighted by Crippen LogP contribution is -1.97. The number of hydrogen-bond acceptors (Lipinski definition) is 5. The number of aryl methyl sites for hydroxylation is 2. The Labute approximate surface area is 171 Å². The molecule has 0 radical (unpaired) electrons. The lowest BCUT2D eigenvalue weighted by molar-refractivity contribution is 0.414. The third-order valence-electron chi connectivity index (χ3n) is 5.21. The van der Waals surface area contributed by atoms with E-state index in [9.17, 15) is 4.39 Å². The first kappa shape index (κ1) is 18.2. The number of fused-ring (bicyclic) bond motifs is 2. The minimum atomic E-state index is -0.345. The third-order valence-corrected chi connectivity index (χ3v) is 5.21. The fourth-order valence-corrected chi connectivity index (χ4v) is 3.73. The van der Waals surface area contributed by atoms with Crippen LogP contribution in [0.5, 0.6) is 5.75 Å². The molecule has 150 valence electrons. The highest BCUT2D eigenvalue weighted by atomic mass is 19.1. The van der Waals surface area contributed by atoms with Gasteiger partial charge in [0.05, 0.1) is 31.5 Å². The average molecular weight is 402 g/mol. The summed E-state index contributed by atoms with van der Waals surface area (Å²) in [5.41, 5.74) is 5.69. The van der Waals surface area contributed by atoms with E-state index in [0.717, 1.165) is 34.5 Å². The van der Waals surface area contributed by atoms with Crippen molar-refractivity contribution in [1.82, 2.24) is 29.1 Å². The molecule has 0 saturated carbocycles. The van der Waals surface area contributed by atoms with Crippen LogP contribution in [-0.4, -0.2) is 36.2 Å². The van der Waals surface area contributed by atoms with E-state index in [4.69, 9.17) is 4.74 Å². The van der Waals surface area contributed by atoms with Crippen LogP contribution in [0.25, 0.3) is 39.1 Å². The number of imidazole rings is 2. The topological polar surface area (TPSA) is 70.1 Å². The molecular weight excluding hydrogens is 383 g/mol. The van der Waals surface area contributed by atoms with Gasteiger partial charge in [0.2, 0.25) is 0 Å². The van der Waals surface area contributed by atoms with Gasteiger partial charge in [0, 0.05) is 29.4 Å². The Kier molecular flexibility index (Phi) is 4.20. The predicted octanol–water partition coefficient (Wildman–Crippen LogP) is 4.28. The number of benzene rings is 1. The first-order valence-electron chi connectivity index (χ1n) is 9.59. The number of halogens is 1. The molecule has 1 aromatic carbocycles. The maximum atomic E-state index is 14.9. The van der Waals surface area contributed by atoms with Crippen molar-refractivity contribution in [3.8, 4) is 28.0 Å². The van der Waals surface area contributed by atoms with Crippen molar-refractivity contribution in [2.45, 2.75) is 20.4 Å². The zero-order valence-electron chi connectivity index (χ0n) is 16.8. The second kappa shape index (κ2) is 6.91. The number of ether oxygens (including phenoxy) is 1. The Morgan fingerprint density at radius 3 is 2.77 bits per heavy atom. The Morgan fingerprint density at radius 2 is 1.97 bits per heavy atom. The molecule has 0 aliphatic carbocycles. The van der Waals surface area contributed by atoms with Crippen molar-refractivity contribution in [1.29, 1.82) is 0 Å². The van der Waals surface area contributed by atoms with Crippen molar-refractivity contribution in [2.75, 3.05) is 7.11 Å². The molecule has 5 rings (SSSR count). The van der Waals surface area contributed by atoms with E-state index in [1.165, 1.54) is 6.07 Å². The SMILES string of the molecule is CCn1cnc2c(-c3ccc(F)c(-c4cc5nc(C)cn5cc4OC)c3)cnnc21. The Balaban J connectivity index is 1.72. The highest BCUT2D eigenvalue weighted by molar-refractivity contribution is 5.90. The van der Waals surface area contributed by atoms with Crippen LogP contribution in [0.4, 0.5) is 4.39 Å². The van der Waals surface area contributed by atoms with Crippen molar-refractivity contribution < 1.29 is 9.13 Å². The molecule has 0 saturated heterocycles. The molecule has 4 aromatic heterocycles. The van der Waals surface area contributed by atoms with Crippen LogP contribution in [-0.2, 0) is 6.54 Å². The maximum Gasteiger partial charge on any atom is 0.183 e. The molecule has 5 aromatic rings. The monoisotopic (exact) mass is 402 g/mol. The molecule has 0 amide bonds. The van der Waals surface area contributed by atoms with Crippen LogP contribution in [0.3, 0.4) is 0 Å². The molecule has 4 heterocycles. The third kappa shape index (κ3) is 2.80. The largest absolute Gasteiger partial charge is 0.495 e. The summed E-state index contributed by atoms with van der Waals surface area (Å²) in [6.07, 6.45) is 7.11. The Bertz CT molecular complexity index is 1400. The summed E-state index contributed by atoms with van der Waals surface area (Å²) in [5.74, 6) is 0.214. The number of pyridine rings is 1. The molecule has 0 fully saturated rings. The van der Waals surface area contributed by atoms with Gasteiger partial charge in [-0.3, -0.25) is 0 Å². The standard InChI is InChI=1S/C22H19FN6O/c1-4-28-12-24-21-17(9-25-27-22(21)28)14-5-6-18(23)15(7-14)16-8-20-26-13(2)10-29(20)11-19(16)30-3/h5-12H,4H2,1-3H3. The number of nitrogens with zero attached hydrogens (tertiary/aromatic N) is 6. The van der Waals surface area contributed by atoms with Crippen molar-refractivity contribution in [2.24, 2.45) is 0 Å². The summed E-state index contributed by atoms with van der Waals surface area (Å²) in [6, 6.07) is 6.81. The molecule has 0 bridgehead atoms. The van der Waals surface area contributed by atoms with E-state index in [2.05, 4.69) is 20.2 Å². The van der Waals surface area contributed by atoms with E-state index >= 15 is 0 Å². The van der Waals surface area contributed by atoms with Gasteiger partial charge in [0.15, 0.2) is 5.65 Å². The highest BCUT2D eigenvalue weighted by Crippen LogP contribution is 2.36. The molecule has 7 nitrogen and oxygen atoms in total. The van der Waals surface area contributed by atoms with Gasteiger partial charge in [0.1, 0.15) is 22.7 Å². The number of hydrogen-bond donors (Lipinski definition) is 0. The quantitative estimate of drug-likeness (QED) is 0.449. The molecule has 0 atom stereocenters. The summed E-state index contributed by atoms with van der Waals surface area (Å²) >= 11 is 0. The predicted molar refractivity (Wildman–Crippen MR) is 112 cm³/mol. The fourth-order valence-electron chi connectivity index (χ4n) is 3.73. The second-order valence-corrected chi connectivity index (χ2v) is 7.06. The molecule has 0 spiro atoms. The van der Waals surface area contributed by atoms with E-state index in [0.29, 0.717) is 22.5 Å². The highest BCUT2D eigenvalue weighted by Gasteiger charge is 2.17. The number of aromatic nitrogens is 6. The zero-order chi connectivity index (χ0) is 20.8. The van der Waals surface area contributed by atoms with Gasteiger partial charge in [-0.1, -0.05) is 6.07 Å². The Morgan fingerprint density at radius 1 is 1.10 bits per heavy atom. The summed E-state index contributed by atoms with van der Waals surface area (Å²) in [5, 5.41) is 8.34. The van der Waals surface area contributed by atoms with Gasteiger partial charge in [-0.15, -0.1) is 5.10 Å². The maximum absolute atomic E-state index is 14.9. The van der Waals surface area contributed by atoms with E-state index in [-0.39, 0.29) is 5.82 Å². The van der Waals surface area contributed by atoms with Crippen LogP contribution < -0.4 is 4.74 Å². The van der Waals surface area contributed by atoms with Crippen LogP contribution >= 0.6 is 0 Å².